The Labute approximate surface area is 109 Å². The summed E-state index contributed by atoms with van der Waals surface area (Å²) in [4.78, 5) is 24.1. The molecule has 5 nitrogen and oxygen atoms in total. The van der Waals surface area contributed by atoms with E-state index in [0.29, 0.717) is 17.3 Å². The number of aromatic nitrogens is 3. The van der Waals surface area contributed by atoms with E-state index < -0.39 is 11.6 Å². The van der Waals surface area contributed by atoms with Crippen molar-refractivity contribution in [3.8, 4) is 11.3 Å². The Balaban J connectivity index is 2.00. The lowest BCUT2D eigenvalue weighted by Gasteiger charge is -2.27. The lowest BCUT2D eigenvalue weighted by molar-refractivity contribution is 0.0812. The van der Waals surface area contributed by atoms with E-state index in [4.69, 9.17) is 0 Å². The molecule has 0 radical (unpaired) electrons. The van der Waals surface area contributed by atoms with Crippen LogP contribution in [-0.2, 0) is 0 Å². The minimum Gasteiger partial charge on any atom is -0.285 e. The molecular formula is C14H11N3O2. The van der Waals surface area contributed by atoms with Crippen molar-refractivity contribution in [2.75, 3.05) is 0 Å². The molecule has 5 heteroatoms. The highest BCUT2D eigenvalue weighted by molar-refractivity contribution is 6.52. The summed E-state index contributed by atoms with van der Waals surface area (Å²) in [6, 6.07) is 7.49. The molecule has 1 aromatic carbocycles. The smallest absolute Gasteiger partial charge is 0.256 e. The Morgan fingerprint density at radius 2 is 1.79 bits per heavy atom. The molecule has 19 heavy (non-hydrogen) atoms. The number of ketones is 2. The highest BCUT2D eigenvalue weighted by Gasteiger charge is 2.37. The zero-order valence-electron chi connectivity index (χ0n) is 10.2. The van der Waals surface area contributed by atoms with Gasteiger partial charge in [0.25, 0.3) is 5.78 Å². The molecule has 0 N–H and O–H groups in total. The minimum atomic E-state index is -0.542. The van der Waals surface area contributed by atoms with Gasteiger partial charge in [-0.25, -0.2) is 4.68 Å². The van der Waals surface area contributed by atoms with Gasteiger partial charge in [-0.05, 0) is 19.3 Å². The number of carbonyl (C=O) groups excluding carboxylic acids is 2. The van der Waals surface area contributed by atoms with E-state index in [1.165, 1.54) is 6.42 Å². The number of Topliss-reactive ketones (excluding diaryl/α,β-unsaturated/α-hetero) is 2. The average molecular weight is 253 g/mol. The first-order valence-corrected chi connectivity index (χ1v) is 6.41. The van der Waals surface area contributed by atoms with Crippen LogP contribution >= 0.6 is 0 Å². The second-order valence-corrected chi connectivity index (χ2v) is 5.02. The molecule has 94 valence electrons. The quantitative estimate of drug-likeness (QED) is 0.729. The molecule has 0 aliphatic heterocycles. The molecule has 1 fully saturated rings. The van der Waals surface area contributed by atoms with Crippen LogP contribution in [-0.4, -0.2) is 26.6 Å². The number of carbonyl (C=O) groups is 2. The van der Waals surface area contributed by atoms with Crippen molar-refractivity contribution in [1.29, 1.82) is 0 Å². The van der Waals surface area contributed by atoms with Gasteiger partial charge >= 0.3 is 0 Å². The van der Waals surface area contributed by atoms with Crippen LogP contribution in [0.15, 0.2) is 24.3 Å². The molecule has 0 bridgehead atoms. The van der Waals surface area contributed by atoms with Crippen LogP contribution in [0.25, 0.3) is 11.3 Å². The lowest BCUT2D eigenvalue weighted by atomic mass is 9.88. The maximum Gasteiger partial charge on any atom is 0.256 e. The van der Waals surface area contributed by atoms with E-state index in [2.05, 4.69) is 10.3 Å². The van der Waals surface area contributed by atoms with E-state index in [9.17, 15) is 9.59 Å². The molecule has 1 aromatic heterocycles. The minimum absolute atomic E-state index is 0.204. The normalized spacial score (nSPS) is 17.9. The van der Waals surface area contributed by atoms with Crippen molar-refractivity contribution in [2.45, 2.75) is 25.3 Å². The van der Waals surface area contributed by atoms with Crippen molar-refractivity contribution in [3.05, 3.63) is 35.5 Å². The summed E-state index contributed by atoms with van der Waals surface area (Å²) in [6.07, 6.45) is 3.29. The second kappa shape index (κ2) is 3.60. The second-order valence-electron chi connectivity index (χ2n) is 5.02. The summed E-state index contributed by atoms with van der Waals surface area (Å²) >= 11 is 0. The molecule has 2 aliphatic rings. The van der Waals surface area contributed by atoms with Gasteiger partial charge in [0.05, 0.1) is 6.04 Å². The van der Waals surface area contributed by atoms with Gasteiger partial charge < -0.3 is 0 Å². The summed E-state index contributed by atoms with van der Waals surface area (Å²) in [5.41, 5.74) is 2.15. The predicted molar refractivity (Wildman–Crippen MR) is 67.0 cm³/mol. The average Bonchev–Trinajstić information content (AvgIpc) is 2.79. The predicted octanol–water partition coefficient (Wildman–Crippen LogP) is 2.05. The van der Waals surface area contributed by atoms with Crippen molar-refractivity contribution >= 4 is 11.6 Å². The fourth-order valence-corrected chi connectivity index (χ4v) is 2.70. The first-order valence-electron chi connectivity index (χ1n) is 6.41. The fourth-order valence-electron chi connectivity index (χ4n) is 2.70. The Hall–Kier alpha value is -2.30. The largest absolute Gasteiger partial charge is 0.285 e. The molecule has 1 saturated carbocycles. The van der Waals surface area contributed by atoms with Crippen LogP contribution in [0.3, 0.4) is 0 Å². The van der Waals surface area contributed by atoms with Gasteiger partial charge in [0.2, 0.25) is 5.78 Å². The fraction of sp³-hybridized carbons (Fsp3) is 0.286. The summed E-state index contributed by atoms with van der Waals surface area (Å²) in [5.74, 6) is -1.02. The topological polar surface area (TPSA) is 64.8 Å². The number of rotatable bonds is 1. The van der Waals surface area contributed by atoms with Gasteiger partial charge in [-0.2, -0.15) is 0 Å². The number of benzene rings is 1. The summed E-state index contributed by atoms with van der Waals surface area (Å²) in [5, 5.41) is 8.03. The zero-order chi connectivity index (χ0) is 13.0. The summed E-state index contributed by atoms with van der Waals surface area (Å²) < 4.78 is 1.82. The zero-order valence-corrected chi connectivity index (χ0v) is 10.2. The van der Waals surface area contributed by atoms with E-state index in [1.807, 2.05) is 16.8 Å². The van der Waals surface area contributed by atoms with Crippen molar-refractivity contribution in [3.63, 3.8) is 0 Å². The van der Waals surface area contributed by atoms with E-state index in [0.717, 1.165) is 18.4 Å². The SMILES string of the molecule is O=C1C(=O)c2nnn(C3CCC3)c2-c2ccccc21. The Morgan fingerprint density at radius 1 is 1.05 bits per heavy atom. The van der Waals surface area contributed by atoms with Gasteiger partial charge in [-0.3, -0.25) is 9.59 Å². The first-order chi connectivity index (χ1) is 9.27. The van der Waals surface area contributed by atoms with Gasteiger partial charge in [-0.15, -0.1) is 5.10 Å². The highest BCUT2D eigenvalue weighted by Crippen LogP contribution is 2.38. The summed E-state index contributed by atoms with van der Waals surface area (Å²) in [6.45, 7) is 0. The Kier molecular flexibility index (Phi) is 2.01. The third-order valence-electron chi connectivity index (χ3n) is 3.96. The van der Waals surface area contributed by atoms with Crippen molar-refractivity contribution in [2.24, 2.45) is 0 Å². The van der Waals surface area contributed by atoms with E-state index >= 15 is 0 Å². The number of fused-ring (bicyclic) bond motifs is 3. The molecule has 4 rings (SSSR count). The Morgan fingerprint density at radius 3 is 2.47 bits per heavy atom. The van der Waals surface area contributed by atoms with E-state index in [1.54, 1.807) is 12.1 Å². The molecule has 0 unspecified atom stereocenters. The van der Waals surface area contributed by atoms with Gasteiger partial charge in [0, 0.05) is 11.1 Å². The molecule has 0 atom stereocenters. The molecule has 2 aliphatic carbocycles. The molecule has 0 amide bonds. The van der Waals surface area contributed by atoms with Crippen molar-refractivity contribution < 1.29 is 9.59 Å². The first kappa shape index (κ1) is 10.6. The molecule has 0 spiro atoms. The summed E-state index contributed by atoms with van der Waals surface area (Å²) in [7, 11) is 0. The number of hydrogen-bond donors (Lipinski definition) is 0. The third kappa shape index (κ3) is 1.30. The van der Waals surface area contributed by atoms with Crippen LogP contribution < -0.4 is 0 Å². The molecule has 1 heterocycles. The standard InChI is InChI=1S/C14H11N3O2/c18-13-10-7-2-1-6-9(10)12-11(14(13)19)15-16-17(12)8-4-3-5-8/h1-2,6-8H,3-5H2. The Bertz CT molecular complexity index is 713. The van der Waals surface area contributed by atoms with Gasteiger partial charge in [0.1, 0.15) is 5.69 Å². The third-order valence-corrected chi connectivity index (χ3v) is 3.96. The highest BCUT2D eigenvalue weighted by atomic mass is 16.2. The van der Waals surface area contributed by atoms with Crippen molar-refractivity contribution in [1.82, 2.24) is 15.0 Å². The molecule has 2 aromatic rings. The maximum atomic E-state index is 12.1. The molecular weight excluding hydrogens is 242 g/mol. The lowest BCUT2D eigenvalue weighted by Crippen LogP contribution is -2.24. The van der Waals surface area contributed by atoms with Gasteiger partial charge in [0.15, 0.2) is 5.69 Å². The monoisotopic (exact) mass is 253 g/mol. The van der Waals surface area contributed by atoms with Crippen LogP contribution in [0.2, 0.25) is 0 Å². The van der Waals surface area contributed by atoms with Crippen LogP contribution in [0.5, 0.6) is 0 Å². The number of hydrogen-bond acceptors (Lipinski definition) is 4. The van der Waals surface area contributed by atoms with Gasteiger partial charge in [-0.1, -0.05) is 29.5 Å². The van der Waals surface area contributed by atoms with Crippen LogP contribution in [0.4, 0.5) is 0 Å². The van der Waals surface area contributed by atoms with Crippen LogP contribution in [0, 0.1) is 0 Å². The maximum absolute atomic E-state index is 12.1. The van der Waals surface area contributed by atoms with Crippen LogP contribution in [0.1, 0.15) is 46.2 Å². The van der Waals surface area contributed by atoms with E-state index in [-0.39, 0.29) is 5.69 Å². The number of nitrogens with zero attached hydrogens (tertiary/aromatic N) is 3. The molecule has 0 saturated heterocycles.